The summed E-state index contributed by atoms with van der Waals surface area (Å²) in [7, 11) is 0. The van der Waals surface area contributed by atoms with Crippen LogP contribution in [0.2, 0.25) is 0 Å². The Labute approximate surface area is 302 Å². The van der Waals surface area contributed by atoms with Crippen molar-refractivity contribution in [2.24, 2.45) is 0 Å². The number of hydrogen-bond acceptors (Lipinski definition) is 4. The van der Waals surface area contributed by atoms with Gasteiger partial charge in [-0.25, -0.2) is 15.0 Å². The van der Waals surface area contributed by atoms with Gasteiger partial charge in [-0.05, 0) is 57.6 Å². The lowest BCUT2D eigenvalue weighted by molar-refractivity contribution is 1.08. The van der Waals surface area contributed by atoms with E-state index in [9.17, 15) is 0 Å². The molecular weight excluding hydrogens is 615 g/mol. The molecule has 4 heteroatoms. The molecule has 0 aliphatic heterocycles. The van der Waals surface area contributed by atoms with Gasteiger partial charge in [-0.1, -0.05) is 151 Å². The molecule has 230 valence electrons. The van der Waals surface area contributed by atoms with Gasteiger partial charge in [0.2, 0.25) is 0 Å². The van der Waals surface area contributed by atoms with E-state index in [0.717, 1.165) is 53.6 Å². The molecule has 0 fully saturated rings. The maximum atomic E-state index is 8.72. The van der Waals surface area contributed by atoms with Crippen LogP contribution >= 0.6 is 11.3 Å². The molecule has 0 bridgehead atoms. The fraction of sp³-hybridized carbons (Fsp3) is 0. The highest BCUT2D eigenvalue weighted by molar-refractivity contribution is 7.26. The summed E-state index contributed by atoms with van der Waals surface area (Å²) in [4.78, 5) is 13.9. The molecule has 49 heavy (non-hydrogen) atoms. The van der Waals surface area contributed by atoms with Crippen LogP contribution in [0.3, 0.4) is 0 Å². The van der Waals surface area contributed by atoms with Crippen molar-refractivity contribution in [2.75, 3.05) is 0 Å². The van der Waals surface area contributed by atoms with E-state index in [4.69, 9.17) is 23.7 Å². The van der Waals surface area contributed by atoms with Gasteiger partial charge in [0.15, 0.2) is 17.5 Å². The minimum Gasteiger partial charge on any atom is -0.208 e. The van der Waals surface area contributed by atoms with E-state index in [1.54, 1.807) is 6.07 Å². The van der Waals surface area contributed by atoms with Crippen LogP contribution in [0, 0.1) is 0 Å². The van der Waals surface area contributed by atoms with Crippen LogP contribution in [0.4, 0.5) is 0 Å². The number of rotatable bonds is 6. The molecule has 0 atom stereocenters. The summed E-state index contributed by atoms with van der Waals surface area (Å²) in [5.41, 5.74) is 6.18. The molecule has 0 aliphatic rings. The van der Waals surface area contributed by atoms with Crippen LogP contribution < -0.4 is 0 Å². The Hall–Kier alpha value is -6.23. The molecule has 0 aliphatic carbocycles. The third kappa shape index (κ3) is 5.48. The summed E-state index contributed by atoms with van der Waals surface area (Å²) in [6.45, 7) is 0. The van der Waals surface area contributed by atoms with Crippen molar-refractivity contribution < 1.29 is 13.7 Å². The largest absolute Gasteiger partial charge is 0.208 e. The summed E-state index contributed by atoms with van der Waals surface area (Å²) >= 11 is 1.52. The van der Waals surface area contributed by atoms with E-state index in [0.29, 0.717) is 5.56 Å². The van der Waals surface area contributed by atoms with Crippen LogP contribution in [0.25, 0.3) is 87.7 Å². The van der Waals surface area contributed by atoms with Gasteiger partial charge in [0.05, 0.1) is 13.7 Å². The van der Waals surface area contributed by atoms with E-state index < -0.39 is 60.4 Å². The molecule has 0 saturated heterocycles. The third-order valence-corrected chi connectivity index (χ3v) is 9.59. The van der Waals surface area contributed by atoms with Crippen LogP contribution in [-0.2, 0) is 0 Å². The lowest BCUT2D eigenvalue weighted by atomic mass is 9.93. The van der Waals surface area contributed by atoms with E-state index >= 15 is 0 Å². The van der Waals surface area contributed by atoms with Crippen LogP contribution in [0.15, 0.2) is 176 Å². The van der Waals surface area contributed by atoms with Gasteiger partial charge in [0, 0.05) is 36.9 Å². The minimum atomic E-state index is -0.599. The lowest BCUT2D eigenvalue weighted by Gasteiger charge is -2.12. The first-order valence-corrected chi connectivity index (χ1v) is 16.4. The van der Waals surface area contributed by atoms with Crippen molar-refractivity contribution >= 4 is 31.5 Å². The molecule has 0 spiro atoms. The predicted octanol–water partition coefficient (Wildman–Crippen LogP) is 12.2. The topological polar surface area (TPSA) is 38.7 Å². The van der Waals surface area contributed by atoms with Crippen molar-refractivity contribution in [1.29, 1.82) is 0 Å². The molecule has 2 aromatic heterocycles. The van der Waals surface area contributed by atoms with Gasteiger partial charge >= 0.3 is 0 Å². The minimum absolute atomic E-state index is 0.0276. The zero-order valence-electron chi connectivity index (χ0n) is 35.7. The smallest absolute Gasteiger partial charge is 0.165 e. The fourth-order valence-corrected chi connectivity index (χ4v) is 7.39. The first kappa shape index (κ1) is 20.2. The maximum Gasteiger partial charge on any atom is 0.165 e. The number of aromatic nitrogens is 3. The van der Waals surface area contributed by atoms with Gasteiger partial charge in [-0.15, -0.1) is 11.3 Å². The Kier molecular flexibility index (Phi) is 5.12. The van der Waals surface area contributed by atoms with E-state index in [1.165, 1.54) is 11.3 Å². The molecule has 0 N–H and O–H groups in total. The zero-order valence-corrected chi connectivity index (χ0v) is 26.5. The monoisotopic (exact) mass is 653 g/mol. The SMILES string of the molecule is [2H]c1c([2H])c([2H])c(-c2nc(-c3c([2H])c([2H])c([2H])c([2H])c3[2H])nc(-c3cccc4c3sc3c(-c5cc(-c6ccccc6)cc(-c6ccccc6)c5)cccc34)n2)c([2H])c1[2H]. The number of nitrogens with zero attached hydrogens (tertiary/aromatic N) is 3. The Morgan fingerprint density at radius 2 is 0.816 bits per heavy atom. The first-order valence-electron chi connectivity index (χ1n) is 20.5. The van der Waals surface area contributed by atoms with Crippen LogP contribution in [0.1, 0.15) is 13.7 Å². The Balaban J connectivity index is 1.31. The van der Waals surface area contributed by atoms with Gasteiger partial charge in [-0.3, -0.25) is 0 Å². The van der Waals surface area contributed by atoms with Gasteiger partial charge in [0.25, 0.3) is 0 Å². The van der Waals surface area contributed by atoms with Crippen LogP contribution in [0.5, 0.6) is 0 Å². The standard InChI is InChI=1S/C45H29N3S/c1-5-15-30(16-6-1)34-27-35(31-17-7-2-8-18-31)29-36(28-34)37-23-13-24-38-39-25-14-26-40(42(39)49-41(37)38)45-47-43(32-19-9-3-10-20-32)46-44(48-45)33-21-11-4-12-22-33/h1-29H/i3D,4D,9D,10D,11D,12D,19D,20D,21D,22D. The highest BCUT2D eigenvalue weighted by Crippen LogP contribution is 2.44. The summed E-state index contributed by atoms with van der Waals surface area (Å²) < 4.78 is 86.4. The maximum absolute atomic E-state index is 8.72. The molecule has 0 saturated carbocycles. The summed E-state index contributed by atoms with van der Waals surface area (Å²) in [6.07, 6.45) is 0. The zero-order chi connectivity index (χ0) is 41.3. The average Bonchev–Trinajstić information content (AvgIpc) is 3.66. The molecule has 9 rings (SSSR count). The van der Waals surface area contributed by atoms with Crippen molar-refractivity contribution in [2.45, 2.75) is 0 Å². The molecule has 0 unspecified atom stereocenters. The highest BCUT2D eigenvalue weighted by atomic mass is 32.1. The molecule has 7 aromatic carbocycles. The lowest BCUT2D eigenvalue weighted by Crippen LogP contribution is -2.00. The van der Waals surface area contributed by atoms with E-state index in [2.05, 4.69) is 53.5 Å². The van der Waals surface area contributed by atoms with Crippen molar-refractivity contribution in [1.82, 2.24) is 15.0 Å². The predicted molar refractivity (Wildman–Crippen MR) is 205 cm³/mol. The summed E-state index contributed by atoms with van der Waals surface area (Å²) in [6, 6.07) is 33.0. The summed E-state index contributed by atoms with van der Waals surface area (Å²) in [5, 5.41) is 1.86. The highest BCUT2D eigenvalue weighted by Gasteiger charge is 2.18. The number of benzene rings is 7. The molecular formula is C45H29N3S. The molecule has 2 heterocycles. The van der Waals surface area contributed by atoms with Gasteiger partial charge < -0.3 is 0 Å². The van der Waals surface area contributed by atoms with Gasteiger partial charge in [0.1, 0.15) is 0 Å². The van der Waals surface area contributed by atoms with Crippen LogP contribution in [-0.4, -0.2) is 15.0 Å². The van der Waals surface area contributed by atoms with Gasteiger partial charge in [-0.2, -0.15) is 0 Å². The summed E-state index contributed by atoms with van der Waals surface area (Å²) in [5.74, 6) is -0.586. The Morgan fingerprint density at radius 1 is 0.367 bits per heavy atom. The third-order valence-electron chi connectivity index (χ3n) is 8.31. The normalized spacial score (nSPS) is 14.1. The second-order valence-electron chi connectivity index (χ2n) is 11.3. The van der Waals surface area contributed by atoms with E-state index in [-0.39, 0.29) is 28.6 Å². The Morgan fingerprint density at radius 3 is 1.35 bits per heavy atom. The second kappa shape index (κ2) is 12.4. The second-order valence-corrected chi connectivity index (χ2v) is 12.3. The number of hydrogen-bond donors (Lipinski definition) is 0. The van der Waals surface area contributed by atoms with E-state index in [1.807, 2.05) is 60.7 Å². The first-order chi connectivity index (χ1) is 28.4. The van der Waals surface area contributed by atoms with Crippen molar-refractivity contribution in [3.63, 3.8) is 0 Å². The molecule has 0 radical (unpaired) electrons. The quantitative estimate of drug-likeness (QED) is 0.179. The fourth-order valence-electron chi connectivity index (χ4n) is 6.04. The van der Waals surface area contributed by atoms with Crippen molar-refractivity contribution in [3.8, 4) is 67.5 Å². The number of fused-ring (bicyclic) bond motifs is 3. The average molecular weight is 654 g/mol. The number of thiophene rings is 1. The molecule has 9 aromatic rings. The molecule has 3 nitrogen and oxygen atoms in total. The van der Waals surface area contributed by atoms with Crippen molar-refractivity contribution in [3.05, 3.63) is 176 Å². The Bertz CT molecular complexity index is 2970. The molecule has 0 amide bonds.